The Hall–Kier alpha value is -0.830. The lowest BCUT2D eigenvalue weighted by molar-refractivity contribution is 0.563. The summed E-state index contributed by atoms with van der Waals surface area (Å²) in [5.41, 5.74) is 11.9. The van der Waals surface area contributed by atoms with Gasteiger partial charge in [-0.2, -0.15) is 0 Å². The molecule has 0 saturated heterocycles. The molecule has 0 bridgehead atoms. The number of rotatable bonds is 4. The van der Waals surface area contributed by atoms with Crippen LogP contribution in [0.5, 0.6) is 0 Å². The third-order valence-electron chi connectivity index (χ3n) is 2.37. The molecular formula is C10H18N3OP. The minimum absolute atomic E-state index is 0.0632. The van der Waals surface area contributed by atoms with Crippen molar-refractivity contribution < 1.29 is 4.57 Å². The van der Waals surface area contributed by atoms with Crippen molar-refractivity contribution in [2.45, 2.75) is 26.3 Å². The Bertz CT molecular complexity index is 349. The van der Waals surface area contributed by atoms with Gasteiger partial charge in [0.15, 0.2) is 0 Å². The minimum Gasteiger partial charge on any atom is -0.297 e. The van der Waals surface area contributed by atoms with Crippen LogP contribution in [0.3, 0.4) is 0 Å². The van der Waals surface area contributed by atoms with Gasteiger partial charge in [-0.1, -0.05) is 25.1 Å². The lowest BCUT2D eigenvalue weighted by atomic mass is 10.2. The smallest absolute Gasteiger partial charge is 0.297 e. The summed E-state index contributed by atoms with van der Waals surface area (Å²) < 4.78 is 13.4. The molecule has 1 aromatic carbocycles. The molecule has 1 unspecified atom stereocenters. The molecule has 15 heavy (non-hydrogen) atoms. The van der Waals surface area contributed by atoms with Crippen molar-refractivity contribution in [2.24, 2.45) is 11.0 Å². The Kier molecular flexibility index (Phi) is 3.91. The van der Waals surface area contributed by atoms with Gasteiger partial charge in [-0.25, -0.2) is 0 Å². The largest absolute Gasteiger partial charge is 0.300 e. The maximum atomic E-state index is 11.8. The highest BCUT2D eigenvalue weighted by atomic mass is 31.2. The fourth-order valence-corrected chi connectivity index (χ4v) is 2.77. The van der Waals surface area contributed by atoms with Gasteiger partial charge >= 0.3 is 7.59 Å². The third-order valence-corrected chi connectivity index (χ3v) is 3.66. The predicted octanol–water partition coefficient (Wildman–Crippen LogP) is 2.32. The summed E-state index contributed by atoms with van der Waals surface area (Å²) in [6, 6.07) is 9.43. The van der Waals surface area contributed by atoms with Crippen LogP contribution in [0.2, 0.25) is 0 Å². The zero-order valence-corrected chi connectivity index (χ0v) is 10.0. The van der Waals surface area contributed by atoms with Crippen LogP contribution in [0.1, 0.15) is 20.3 Å². The zero-order chi connectivity index (χ0) is 11.5. The molecule has 84 valence electrons. The van der Waals surface area contributed by atoms with Crippen molar-refractivity contribution in [1.82, 2.24) is 0 Å². The quantitative estimate of drug-likeness (QED) is 0.774. The Balaban J connectivity index is 3.08. The van der Waals surface area contributed by atoms with Crippen LogP contribution in [-0.4, -0.2) is 6.04 Å². The van der Waals surface area contributed by atoms with Gasteiger partial charge in [0, 0.05) is 11.7 Å². The van der Waals surface area contributed by atoms with E-state index in [9.17, 15) is 4.57 Å². The molecule has 1 aromatic rings. The second-order valence-corrected chi connectivity index (χ2v) is 5.39. The standard InChI is InChI=1S/C10H18N3OP/c1-3-9(2)13(15(11,12)14)10-7-5-4-6-8-10/h4-9H,3H2,1-2H3,(H4,11,12,14). The Morgan fingerprint density at radius 2 is 1.87 bits per heavy atom. The van der Waals surface area contributed by atoms with E-state index in [1.54, 1.807) is 4.67 Å². The molecule has 0 radical (unpaired) electrons. The van der Waals surface area contributed by atoms with E-state index in [-0.39, 0.29) is 6.04 Å². The summed E-state index contributed by atoms with van der Waals surface area (Å²) >= 11 is 0. The Labute approximate surface area is 90.8 Å². The first kappa shape index (κ1) is 12.2. The van der Waals surface area contributed by atoms with Crippen LogP contribution >= 0.6 is 7.59 Å². The SMILES string of the molecule is CCC(C)N(c1ccccc1)P(N)(N)=O. The van der Waals surface area contributed by atoms with Gasteiger partial charge in [-0.15, -0.1) is 0 Å². The molecule has 0 aliphatic carbocycles. The van der Waals surface area contributed by atoms with Gasteiger partial charge in [0.2, 0.25) is 0 Å². The minimum atomic E-state index is -3.24. The first-order chi connectivity index (χ1) is 6.96. The third kappa shape index (κ3) is 3.06. The molecule has 1 rings (SSSR count). The first-order valence-corrected chi connectivity index (χ1v) is 6.78. The molecule has 0 heterocycles. The van der Waals surface area contributed by atoms with Gasteiger partial charge in [0.05, 0.1) is 0 Å². The van der Waals surface area contributed by atoms with Crippen LogP contribution in [0.4, 0.5) is 5.69 Å². The Morgan fingerprint density at radius 1 is 1.33 bits per heavy atom. The van der Waals surface area contributed by atoms with E-state index in [2.05, 4.69) is 0 Å². The number of hydrogen-bond donors (Lipinski definition) is 2. The van der Waals surface area contributed by atoms with Crippen LogP contribution in [0, 0.1) is 0 Å². The number of nitrogens with two attached hydrogens (primary N) is 2. The normalized spacial score (nSPS) is 13.6. The van der Waals surface area contributed by atoms with Crippen molar-refractivity contribution in [3.63, 3.8) is 0 Å². The van der Waals surface area contributed by atoms with Crippen LogP contribution in [-0.2, 0) is 4.57 Å². The van der Waals surface area contributed by atoms with E-state index < -0.39 is 7.59 Å². The van der Waals surface area contributed by atoms with E-state index in [4.69, 9.17) is 11.0 Å². The molecule has 1 atom stereocenters. The molecule has 5 heteroatoms. The maximum absolute atomic E-state index is 11.8. The van der Waals surface area contributed by atoms with Gasteiger partial charge < -0.3 is 0 Å². The van der Waals surface area contributed by atoms with Gasteiger partial charge in [-0.05, 0) is 25.5 Å². The van der Waals surface area contributed by atoms with Gasteiger partial charge in [0.1, 0.15) is 0 Å². The number of benzene rings is 1. The van der Waals surface area contributed by atoms with E-state index >= 15 is 0 Å². The maximum Gasteiger partial charge on any atom is 0.300 e. The number of hydrogen-bond acceptors (Lipinski definition) is 1. The molecule has 4 nitrogen and oxygen atoms in total. The second kappa shape index (κ2) is 4.79. The summed E-state index contributed by atoms with van der Waals surface area (Å²) in [5, 5.41) is 0. The van der Waals surface area contributed by atoms with E-state index in [0.717, 1.165) is 12.1 Å². The van der Waals surface area contributed by atoms with Crippen molar-refractivity contribution in [2.75, 3.05) is 4.67 Å². The molecule has 0 spiro atoms. The second-order valence-electron chi connectivity index (χ2n) is 3.61. The highest BCUT2D eigenvalue weighted by Gasteiger charge is 2.25. The summed E-state index contributed by atoms with van der Waals surface area (Å²) in [4.78, 5) is 0. The van der Waals surface area contributed by atoms with Gasteiger partial charge in [0.25, 0.3) is 0 Å². The van der Waals surface area contributed by atoms with Crippen molar-refractivity contribution in [1.29, 1.82) is 0 Å². The van der Waals surface area contributed by atoms with Crippen molar-refractivity contribution in [3.05, 3.63) is 30.3 Å². The summed E-state index contributed by atoms with van der Waals surface area (Å²) in [5.74, 6) is 0. The molecule has 0 aromatic heterocycles. The molecule has 0 fully saturated rings. The Morgan fingerprint density at radius 3 is 2.27 bits per heavy atom. The summed E-state index contributed by atoms with van der Waals surface area (Å²) in [6.07, 6.45) is 0.841. The highest BCUT2D eigenvalue weighted by Crippen LogP contribution is 2.39. The molecule has 0 amide bonds. The van der Waals surface area contributed by atoms with E-state index in [1.165, 1.54) is 0 Å². The molecule has 0 saturated carbocycles. The topological polar surface area (TPSA) is 72.3 Å². The molecule has 4 N–H and O–H groups in total. The van der Waals surface area contributed by atoms with Crippen molar-refractivity contribution >= 4 is 13.3 Å². The lowest BCUT2D eigenvalue weighted by Crippen LogP contribution is -2.35. The van der Waals surface area contributed by atoms with E-state index in [1.807, 2.05) is 44.2 Å². The predicted molar refractivity (Wildman–Crippen MR) is 64.7 cm³/mol. The van der Waals surface area contributed by atoms with Crippen molar-refractivity contribution in [3.8, 4) is 0 Å². The number of nitrogens with zero attached hydrogens (tertiary/aromatic N) is 1. The fourth-order valence-electron chi connectivity index (χ4n) is 1.50. The first-order valence-electron chi connectivity index (χ1n) is 4.98. The van der Waals surface area contributed by atoms with Gasteiger partial charge in [-0.3, -0.25) is 20.2 Å². The molecule has 0 aliphatic heterocycles. The number of anilines is 1. The average molecular weight is 227 g/mol. The monoisotopic (exact) mass is 227 g/mol. The molecule has 0 aliphatic rings. The summed E-state index contributed by atoms with van der Waals surface area (Å²) in [6.45, 7) is 3.97. The van der Waals surface area contributed by atoms with Crippen LogP contribution in [0.25, 0.3) is 0 Å². The van der Waals surface area contributed by atoms with Crippen LogP contribution in [0.15, 0.2) is 30.3 Å². The number of para-hydroxylation sites is 1. The highest BCUT2D eigenvalue weighted by molar-refractivity contribution is 7.60. The lowest BCUT2D eigenvalue weighted by Gasteiger charge is -2.32. The van der Waals surface area contributed by atoms with Crippen LogP contribution < -0.4 is 15.7 Å². The average Bonchev–Trinajstić information content (AvgIpc) is 2.17. The summed E-state index contributed by atoms with van der Waals surface area (Å²) in [7, 11) is -3.24. The zero-order valence-electron chi connectivity index (χ0n) is 9.13. The van der Waals surface area contributed by atoms with E-state index in [0.29, 0.717) is 0 Å². The molecular weight excluding hydrogens is 209 g/mol. The fraction of sp³-hybridized carbons (Fsp3) is 0.400.